The lowest BCUT2D eigenvalue weighted by Gasteiger charge is -2.28. The second kappa shape index (κ2) is 6.73. The lowest BCUT2D eigenvalue weighted by Crippen LogP contribution is -2.28. The summed E-state index contributed by atoms with van der Waals surface area (Å²) in [6.07, 6.45) is 6.84. The summed E-state index contributed by atoms with van der Waals surface area (Å²) in [7, 11) is 0. The molecule has 1 unspecified atom stereocenters. The molecule has 1 aliphatic rings. The van der Waals surface area contributed by atoms with Gasteiger partial charge < -0.3 is 4.52 Å². The second-order valence-electron chi connectivity index (χ2n) is 6.69. The van der Waals surface area contributed by atoms with E-state index >= 15 is 0 Å². The van der Waals surface area contributed by atoms with Gasteiger partial charge in [-0.25, -0.2) is 0 Å². The van der Waals surface area contributed by atoms with E-state index in [9.17, 15) is 0 Å². The van der Waals surface area contributed by atoms with Crippen molar-refractivity contribution in [2.24, 2.45) is 0 Å². The molecule has 1 atom stereocenters. The molecule has 1 fully saturated rings. The van der Waals surface area contributed by atoms with Crippen LogP contribution in [0.1, 0.15) is 48.7 Å². The van der Waals surface area contributed by atoms with Gasteiger partial charge in [0, 0.05) is 24.2 Å². The van der Waals surface area contributed by atoms with Crippen molar-refractivity contribution in [3.63, 3.8) is 0 Å². The number of para-hydroxylation sites is 1. The Bertz CT molecular complexity index is 821. The molecule has 4 rings (SSSR count). The van der Waals surface area contributed by atoms with Gasteiger partial charge in [-0.05, 0) is 44.0 Å². The zero-order chi connectivity index (χ0) is 16.4. The van der Waals surface area contributed by atoms with Crippen LogP contribution in [0.15, 0.2) is 47.1 Å². The van der Waals surface area contributed by atoms with Gasteiger partial charge in [0.1, 0.15) is 0 Å². The number of rotatable bonds is 3. The lowest BCUT2D eigenvalue weighted by molar-refractivity contribution is 0.160. The van der Waals surface area contributed by atoms with Gasteiger partial charge in [-0.2, -0.15) is 0 Å². The van der Waals surface area contributed by atoms with Crippen LogP contribution in [0.2, 0.25) is 0 Å². The fourth-order valence-corrected chi connectivity index (χ4v) is 3.73. The van der Waals surface area contributed by atoms with Gasteiger partial charge in [-0.15, -0.1) is 0 Å². The van der Waals surface area contributed by atoms with E-state index in [0.717, 1.165) is 36.5 Å². The number of aromatic nitrogens is 2. The first kappa shape index (κ1) is 15.3. The number of benzene rings is 1. The van der Waals surface area contributed by atoms with Gasteiger partial charge >= 0.3 is 0 Å². The van der Waals surface area contributed by atoms with Crippen LogP contribution in [0.25, 0.3) is 10.9 Å². The van der Waals surface area contributed by atoms with Crippen molar-refractivity contribution >= 4 is 10.9 Å². The monoisotopic (exact) mass is 321 g/mol. The molecular formula is C20H23N3O. The van der Waals surface area contributed by atoms with E-state index in [4.69, 9.17) is 4.52 Å². The first-order valence-electron chi connectivity index (χ1n) is 8.81. The van der Waals surface area contributed by atoms with E-state index in [1.807, 2.05) is 19.2 Å². The van der Waals surface area contributed by atoms with Crippen LogP contribution in [0.4, 0.5) is 0 Å². The Morgan fingerprint density at radius 3 is 2.96 bits per heavy atom. The Hall–Kier alpha value is -2.20. The van der Waals surface area contributed by atoms with Crippen molar-refractivity contribution in [1.82, 2.24) is 15.0 Å². The zero-order valence-corrected chi connectivity index (χ0v) is 14.1. The molecule has 0 radical (unpaired) electrons. The summed E-state index contributed by atoms with van der Waals surface area (Å²) < 4.78 is 5.61. The molecule has 1 saturated heterocycles. The highest BCUT2D eigenvalue weighted by Gasteiger charge is 2.26. The first-order chi connectivity index (χ1) is 11.8. The molecule has 0 amide bonds. The van der Waals surface area contributed by atoms with Crippen molar-refractivity contribution in [2.75, 3.05) is 6.54 Å². The number of pyridine rings is 1. The van der Waals surface area contributed by atoms with E-state index in [-0.39, 0.29) is 0 Å². The highest BCUT2D eigenvalue weighted by molar-refractivity contribution is 5.81. The minimum absolute atomic E-state index is 0.320. The molecule has 0 saturated carbocycles. The molecule has 0 aliphatic carbocycles. The molecule has 4 nitrogen and oxygen atoms in total. The first-order valence-corrected chi connectivity index (χ1v) is 8.81. The van der Waals surface area contributed by atoms with Crippen LogP contribution in [0, 0.1) is 6.92 Å². The van der Waals surface area contributed by atoms with E-state index < -0.39 is 0 Å². The standard InChI is InChI=1S/C20H23N3O/c1-15-13-20(24-22-15)19-9-3-2-6-12-23(19)14-16-10-11-21-18-8-5-4-7-17(16)18/h4-5,7-8,10-11,13,19H,2-3,6,9,12,14H2,1H3. The van der Waals surface area contributed by atoms with Crippen molar-refractivity contribution in [3.8, 4) is 0 Å². The SMILES string of the molecule is Cc1cc(C2CCCCCN2Cc2ccnc3ccccc23)on1. The average Bonchev–Trinajstić information content (AvgIpc) is 2.90. The normalized spacial score (nSPS) is 19.5. The highest BCUT2D eigenvalue weighted by atomic mass is 16.5. The van der Waals surface area contributed by atoms with Gasteiger partial charge in [-0.1, -0.05) is 36.2 Å². The summed E-state index contributed by atoms with van der Waals surface area (Å²) in [5, 5.41) is 5.35. The zero-order valence-electron chi connectivity index (χ0n) is 14.1. The summed E-state index contributed by atoms with van der Waals surface area (Å²) in [6, 6.07) is 12.9. The van der Waals surface area contributed by atoms with Crippen LogP contribution < -0.4 is 0 Å². The number of likely N-dealkylation sites (tertiary alicyclic amines) is 1. The minimum atomic E-state index is 0.320. The fourth-order valence-electron chi connectivity index (χ4n) is 3.73. The van der Waals surface area contributed by atoms with Gasteiger partial charge in [0.15, 0.2) is 5.76 Å². The Morgan fingerprint density at radius 2 is 2.08 bits per heavy atom. The molecule has 1 aromatic carbocycles. The minimum Gasteiger partial charge on any atom is -0.359 e. The third-order valence-electron chi connectivity index (χ3n) is 4.95. The molecule has 24 heavy (non-hydrogen) atoms. The number of fused-ring (bicyclic) bond motifs is 1. The maximum Gasteiger partial charge on any atom is 0.154 e. The largest absolute Gasteiger partial charge is 0.359 e. The van der Waals surface area contributed by atoms with Crippen molar-refractivity contribution in [1.29, 1.82) is 0 Å². The van der Waals surface area contributed by atoms with Crippen molar-refractivity contribution < 1.29 is 4.52 Å². The number of aryl methyl sites for hydroxylation is 1. The Kier molecular flexibility index (Phi) is 4.30. The predicted molar refractivity (Wildman–Crippen MR) is 94.6 cm³/mol. The smallest absolute Gasteiger partial charge is 0.154 e. The number of nitrogens with zero attached hydrogens (tertiary/aromatic N) is 3. The maximum absolute atomic E-state index is 5.61. The topological polar surface area (TPSA) is 42.2 Å². The van der Waals surface area contributed by atoms with E-state index in [1.54, 1.807) is 0 Å². The summed E-state index contributed by atoms with van der Waals surface area (Å²) in [6.45, 7) is 4.01. The van der Waals surface area contributed by atoms with Crippen molar-refractivity contribution in [3.05, 3.63) is 59.6 Å². The maximum atomic E-state index is 5.61. The summed E-state index contributed by atoms with van der Waals surface area (Å²) >= 11 is 0. The van der Waals surface area contributed by atoms with Gasteiger partial charge in [0.2, 0.25) is 0 Å². The number of hydrogen-bond donors (Lipinski definition) is 0. The van der Waals surface area contributed by atoms with Crippen LogP contribution in [0.3, 0.4) is 0 Å². The van der Waals surface area contributed by atoms with E-state index in [0.29, 0.717) is 6.04 Å². The van der Waals surface area contributed by atoms with Gasteiger partial charge in [0.25, 0.3) is 0 Å². The molecule has 3 heterocycles. The van der Waals surface area contributed by atoms with Gasteiger partial charge in [0.05, 0.1) is 17.3 Å². The fraction of sp³-hybridized carbons (Fsp3) is 0.400. The molecule has 1 aliphatic heterocycles. The molecule has 0 spiro atoms. The highest BCUT2D eigenvalue weighted by Crippen LogP contribution is 2.32. The van der Waals surface area contributed by atoms with E-state index in [1.165, 1.54) is 30.2 Å². The lowest BCUT2D eigenvalue weighted by atomic mass is 10.0. The molecule has 124 valence electrons. The molecular weight excluding hydrogens is 298 g/mol. The molecule has 2 aromatic heterocycles. The Balaban J connectivity index is 1.66. The quantitative estimate of drug-likeness (QED) is 0.704. The van der Waals surface area contributed by atoms with Crippen molar-refractivity contribution in [2.45, 2.75) is 45.2 Å². The average molecular weight is 321 g/mol. The molecule has 4 heteroatoms. The predicted octanol–water partition coefficient (Wildman–Crippen LogP) is 4.65. The Morgan fingerprint density at radius 1 is 1.17 bits per heavy atom. The molecule has 0 N–H and O–H groups in total. The summed E-state index contributed by atoms with van der Waals surface area (Å²) in [5.74, 6) is 1.01. The third-order valence-corrected chi connectivity index (χ3v) is 4.95. The van der Waals surface area contributed by atoms with Crippen LogP contribution in [-0.2, 0) is 6.54 Å². The van der Waals surface area contributed by atoms with Gasteiger partial charge in [-0.3, -0.25) is 9.88 Å². The number of hydrogen-bond acceptors (Lipinski definition) is 4. The summed E-state index contributed by atoms with van der Waals surface area (Å²) in [5.41, 5.74) is 3.36. The Labute approximate surface area is 142 Å². The van der Waals surface area contributed by atoms with Crippen LogP contribution in [-0.4, -0.2) is 21.6 Å². The second-order valence-corrected chi connectivity index (χ2v) is 6.69. The van der Waals surface area contributed by atoms with E-state index in [2.05, 4.69) is 45.4 Å². The molecule has 3 aromatic rings. The van der Waals surface area contributed by atoms with Crippen LogP contribution >= 0.6 is 0 Å². The summed E-state index contributed by atoms with van der Waals surface area (Å²) in [4.78, 5) is 7.04. The molecule has 0 bridgehead atoms. The third kappa shape index (κ3) is 3.06. The van der Waals surface area contributed by atoms with Crippen LogP contribution in [0.5, 0.6) is 0 Å².